The highest BCUT2D eigenvalue weighted by Crippen LogP contribution is 2.28. The lowest BCUT2D eigenvalue weighted by atomic mass is 9.90. The zero-order valence-corrected chi connectivity index (χ0v) is 10.7. The molecule has 3 rings (SSSR count). The Balaban J connectivity index is 1.77. The summed E-state index contributed by atoms with van der Waals surface area (Å²) in [6.45, 7) is 0.914. The topological polar surface area (TPSA) is 12.0 Å². The largest absolute Gasteiger partial charge is 0.381 e. The molecular weight excluding hydrogens is 218 g/mol. The van der Waals surface area contributed by atoms with Crippen LogP contribution in [0.1, 0.15) is 29.5 Å². The summed E-state index contributed by atoms with van der Waals surface area (Å²) in [5.74, 6) is 0. The molecular formula is C17H19N. The maximum absolute atomic E-state index is 3.59. The number of fused-ring (bicyclic) bond motifs is 1. The van der Waals surface area contributed by atoms with Crippen molar-refractivity contribution >= 4 is 5.69 Å². The zero-order valence-electron chi connectivity index (χ0n) is 10.7. The summed E-state index contributed by atoms with van der Waals surface area (Å²) in [7, 11) is 0. The Labute approximate surface area is 109 Å². The molecule has 1 aliphatic carbocycles. The Morgan fingerprint density at radius 2 is 1.67 bits per heavy atom. The summed E-state index contributed by atoms with van der Waals surface area (Å²) in [5, 5.41) is 3.59. The van der Waals surface area contributed by atoms with Crippen LogP contribution >= 0.6 is 0 Å². The third kappa shape index (κ3) is 2.40. The van der Waals surface area contributed by atoms with Crippen molar-refractivity contribution in [2.75, 3.05) is 5.32 Å². The fraction of sp³-hybridized carbons (Fsp3) is 0.294. The highest BCUT2D eigenvalue weighted by Gasteiger charge is 2.12. The third-order valence-corrected chi connectivity index (χ3v) is 3.72. The summed E-state index contributed by atoms with van der Waals surface area (Å²) >= 11 is 0. The Bertz CT molecular complexity index is 516. The van der Waals surface area contributed by atoms with Gasteiger partial charge in [-0.15, -0.1) is 0 Å². The highest BCUT2D eigenvalue weighted by atomic mass is 14.9. The van der Waals surface area contributed by atoms with E-state index < -0.39 is 0 Å². The maximum atomic E-state index is 3.59. The average Bonchev–Trinajstić information content (AvgIpc) is 2.46. The van der Waals surface area contributed by atoms with E-state index in [0.717, 1.165) is 6.54 Å². The molecule has 18 heavy (non-hydrogen) atoms. The molecule has 0 spiro atoms. The lowest BCUT2D eigenvalue weighted by Crippen LogP contribution is -2.08. The minimum atomic E-state index is 0.914. The van der Waals surface area contributed by atoms with Gasteiger partial charge >= 0.3 is 0 Å². The standard InChI is InChI=1S/C17H19N/c1-2-7-14(8-3-1)13-18-17-12-6-10-15-9-4-5-11-16(15)17/h1-3,6-8,10,12,18H,4-5,9,11,13H2. The van der Waals surface area contributed by atoms with E-state index in [9.17, 15) is 0 Å². The number of nitrogens with one attached hydrogen (secondary N) is 1. The fourth-order valence-corrected chi connectivity index (χ4v) is 2.74. The number of aryl methyl sites for hydroxylation is 1. The van der Waals surface area contributed by atoms with Crippen molar-refractivity contribution in [3.63, 3.8) is 0 Å². The number of hydrogen-bond acceptors (Lipinski definition) is 1. The van der Waals surface area contributed by atoms with Crippen LogP contribution in [0.3, 0.4) is 0 Å². The summed E-state index contributed by atoms with van der Waals surface area (Å²) in [6, 6.07) is 17.3. The molecule has 0 fully saturated rings. The molecule has 0 radical (unpaired) electrons. The van der Waals surface area contributed by atoms with Gasteiger partial charge in [0.15, 0.2) is 0 Å². The maximum Gasteiger partial charge on any atom is 0.0400 e. The van der Waals surface area contributed by atoms with E-state index in [1.165, 1.54) is 36.9 Å². The van der Waals surface area contributed by atoms with Crippen LogP contribution in [-0.2, 0) is 19.4 Å². The molecule has 0 saturated carbocycles. The van der Waals surface area contributed by atoms with Gasteiger partial charge in [-0.25, -0.2) is 0 Å². The first-order valence-corrected chi connectivity index (χ1v) is 6.82. The highest BCUT2D eigenvalue weighted by molar-refractivity contribution is 5.55. The Hall–Kier alpha value is -1.76. The summed E-state index contributed by atoms with van der Waals surface area (Å²) in [4.78, 5) is 0. The molecule has 0 atom stereocenters. The molecule has 2 aromatic rings. The molecule has 0 heterocycles. The number of benzene rings is 2. The van der Waals surface area contributed by atoms with Gasteiger partial charge in [-0.3, -0.25) is 0 Å². The van der Waals surface area contributed by atoms with Crippen molar-refractivity contribution in [2.45, 2.75) is 32.2 Å². The molecule has 1 aliphatic rings. The van der Waals surface area contributed by atoms with Crippen molar-refractivity contribution in [1.29, 1.82) is 0 Å². The molecule has 1 heteroatoms. The van der Waals surface area contributed by atoms with E-state index in [1.54, 1.807) is 11.1 Å². The van der Waals surface area contributed by atoms with Gasteiger partial charge in [0.05, 0.1) is 0 Å². The molecule has 0 saturated heterocycles. The van der Waals surface area contributed by atoms with Crippen LogP contribution < -0.4 is 5.32 Å². The lowest BCUT2D eigenvalue weighted by molar-refractivity contribution is 0.686. The Morgan fingerprint density at radius 1 is 0.833 bits per heavy atom. The van der Waals surface area contributed by atoms with E-state index in [0.29, 0.717) is 0 Å². The van der Waals surface area contributed by atoms with Gasteiger partial charge < -0.3 is 5.32 Å². The Morgan fingerprint density at radius 3 is 2.56 bits per heavy atom. The monoisotopic (exact) mass is 237 g/mol. The summed E-state index contributed by atoms with van der Waals surface area (Å²) in [6.07, 6.45) is 5.15. The zero-order chi connectivity index (χ0) is 12.2. The predicted molar refractivity (Wildman–Crippen MR) is 76.9 cm³/mol. The van der Waals surface area contributed by atoms with Gasteiger partial charge in [-0.05, 0) is 48.4 Å². The van der Waals surface area contributed by atoms with E-state index in [4.69, 9.17) is 0 Å². The van der Waals surface area contributed by atoms with Gasteiger partial charge in [0.25, 0.3) is 0 Å². The molecule has 92 valence electrons. The van der Waals surface area contributed by atoms with Crippen LogP contribution in [-0.4, -0.2) is 0 Å². The van der Waals surface area contributed by atoms with Crippen LogP contribution in [0.4, 0.5) is 5.69 Å². The summed E-state index contributed by atoms with van der Waals surface area (Å²) in [5.41, 5.74) is 5.75. The van der Waals surface area contributed by atoms with Crippen LogP contribution in [0.2, 0.25) is 0 Å². The minimum absolute atomic E-state index is 0.914. The first-order valence-electron chi connectivity index (χ1n) is 6.82. The first-order chi connectivity index (χ1) is 8.93. The minimum Gasteiger partial charge on any atom is -0.381 e. The van der Waals surface area contributed by atoms with Crippen LogP contribution in [0.5, 0.6) is 0 Å². The van der Waals surface area contributed by atoms with Gasteiger partial charge in [-0.1, -0.05) is 42.5 Å². The molecule has 1 nitrogen and oxygen atoms in total. The van der Waals surface area contributed by atoms with Gasteiger partial charge in [-0.2, -0.15) is 0 Å². The van der Waals surface area contributed by atoms with Crippen molar-refractivity contribution < 1.29 is 0 Å². The van der Waals surface area contributed by atoms with Crippen molar-refractivity contribution in [2.24, 2.45) is 0 Å². The predicted octanol–water partition coefficient (Wildman–Crippen LogP) is 4.18. The number of rotatable bonds is 3. The second kappa shape index (κ2) is 5.26. The molecule has 0 unspecified atom stereocenters. The van der Waals surface area contributed by atoms with E-state index in [-0.39, 0.29) is 0 Å². The number of anilines is 1. The smallest absolute Gasteiger partial charge is 0.0400 e. The normalized spacial score (nSPS) is 14.0. The van der Waals surface area contributed by atoms with Crippen molar-refractivity contribution in [3.05, 3.63) is 65.2 Å². The quantitative estimate of drug-likeness (QED) is 0.844. The van der Waals surface area contributed by atoms with Crippen molar-refractivity contribution in [3.8, 4) is 0 Å². The van der Waals surface area contributed by atoms with Gasteiger partial charge in [0.1, 0.15) is 0 Å². The number of hydrogen-bond donors (Lipinski definition) is 1. The van der Waals surface area contributed by atoms with Crippen LogP contribution in [0.25, 0.3) is 0 Å². The van der Waals surface area contributed by atoms with E-state index >= 15 is 0 Å². The van der Waals surface area contributed by atoms with E-state index in [1.807, 2.05) is 0 Å². The second-order valence-electron chi connectivity index (χ2n) is 4.99. The molecule has 1 N–H and O–H groups in total. The van der Waals surface area contributed by atoms with Gasteiger partial charge in [0, 0.05) is 12.2 Å². The van der Waals surface area contributed by atoms with E-state index in [2.05, 4.69) is 53.8 Å². The third-order valence-electron chi connectivity index (χ3n) is 3.72. The van der Waals surface area contributed by atoms with Gasteiger partial charge in [0.2, 0.25) is 0 Å². The first kappa shape index (κ1) is 11.3. The average molecular weight is 237 g/mol. The second-order valence-corrected chi connectivity index (χ2v) is 4.99. The van der Waals surface area contributed by atoms with Crippen LogP contribution in [0, 0.1) is 0 Å². The molecule has 2 aromatic carbocycles. The molecule has 0 bridgehead atoms. The molecule has 0 amide bonds. The lowest BCUT2D eigenvalue weighted by Gasteiger charge is -2.20. The summed E-state index contributed by atoms with van der Waals surface area (Å²) < 4.78 is 0. The SMILES string of the molecule is c1ccc(CNc2cccc3c2CCCC3)cc1. The van der Waals surface area contributed by atoms with Crippen LogP contribution in [0.15, 0.2) is 48.5 Å². The molecule has 0 aromatic heterocycles. The molecule has 0 aliphatic heterocycles. The fourth-order valence-electron chi connectivity index (χ4n) is 2.74. The Kier molecular flexibility index (Phi) is 3.31. The van der Waals surface area contributed by atoms with Crippen molar-refractivity contribution in [1.82, 2.24) is 0 Å².